The molecule has 0 bridgehead atoms. The van der Waals surface area contributed by atoms with Crippen molar-refractivity contribution in [2.24, 2.45) is 11.7 Å². The molecule has 0 radical (unpaired) electrons. The highest BCUT2D eigenvalue weighted by Gasteiger charge is 2.25. The van der Waals surface area contributed by atoms with Crippen LogP contribution >= 0.6 is 12.4 Å². The van der Waals surface area contributed by atoms with E-state index in [0.717, 1.165) is 5.56 Å². The molecule has 0 spiro atoms. The normalized spacial score (nSPS) is 11.6. The number of hydrogen-bond donors (Lipinski definition) is 1. The molecular formula is C13H18ClNO3. The first-order chi connectivity index (χ1) is 8.02. The highest BCUT2D eigenvalue weighted by atomic mass is 35.5. The third-order valence-electron chi connectivity index (χ3n) is 2.35. The molecule has 4 nitrogen and oxygen atoms in total. The Kier molecular flexibility index (Phi) is 7.24. The summed E-state index contributed by atoms with van der Waals surface area (Å²) < 4.78 is 4.98. The lowest BCUT2D eigenvalue weighted by molar-refractivity contribution is -0.149. The molecule has 1 aromatic carbocycles. The number of carbonyl (C=O) groups is 2. The van der Waals surface area contributed by atoms with Crippen molar-refractivity contribution in [1.82, 2.24) is 0 Å². The van der Waals surface area contributed by atoms with Crippen LogP contribution in [0.3, 0.4) is 0 Å². The van der Waals surface area contributed by atoms with Crippen LogP contribution in [0.25, 0.3) is 0 Å². The summed E-state index contributed by atoms with van der Waals surface area (Å²) in [6.07, 6.45) is 0. The Morgan fingerprint density at radius 2 is 1.78 bits per heavy atom. The number of nitrogens with two attached hydrogens (primary N) is 1. The van der Waals surface area contributed by atoms with Gasteiger partial charge in [0.25, 0.3) is 0 Å². The Morgan fingerprint density at radius 1 is 1.22 bits per heavy atom. The lowest BCUT2D eigenvalue weighted by atomic mass is 10.0. The van der Waals surface area contributed by atoms with E-state index in [0.29, 0.717) is 0 Å². The van der Waals surface area contributed by atoms with Crippen molar-refractivity contribution in [3.05, 3.63) is 35.9 Å². The first-order valence-corrected chi connectivity index (χ1v) is 5.52. The monoisotopic (exact) mass is 271 g/mol. The van der Waals surface area contributed by atoms with E-state index in [1.807, 2.05) is 30.3 Å². The van der Waals surface area contributed by atoms with Gasteiger partial charge in [0, 0.05) is 5.92 Å². The minimum atomic E-state index is -1.18. The van der Waals surface area contributed by atoms with Crippen LogP contribution < -0.4 is 5.73 Å². The second-order valence-electron chi connectivity index (χ2n) is 4.13. The molecule has 1 atom stereocenters. The fourth-order valence-electron chi connectivity index (χ4n) is 1.29. The largest absolute Gasteiger partial charge is 0.459 e. The van der Waals surface area contributed by atoms with Gasteiger partial charge in [-0.3, -0.25) is 4.79 Å². The Hall–Kier alpha value is -1.39. The molecule has 0 saturated carbocycles. The maximum Gasteiger partial charge on any atom is 0.331 e. The number of esters is 1. The van der Waals surface area contributed by atoms with E-state index in [9.17, 15) is 9.59 Å². The van der Waals surface area contributed by atoms with Crippen LogP contribution in [0.5, 0.6) is 0 Å². The van der Waals surface area contributed by atoms with Crippen molar-refractivity contribution >= 4 is 24.2 Å². The quantitative estimate of drug-likeness (QED) is 0.654. The van der Waals surface area contributed by atoms with Crippen molar-refractivity contribution in [2.75, 3.05) is 0 Å². The second-order valence-corrected chi connectivity index (χ2v) is 4.13. The molecule has 0 fully saturated rings. The zero-order valence-corrected chi connectivity index (χ0v) is 11.3. The number of carbonyl (C=O) groups excluding carboxylic acids is 2. The molecule has 5 heteroatoms. The summed E-state index contributed by atoms with van der Waals surface area (Å²) in [5, 5.41) is 0. The van der Waals surface area contributed by atoms with Crippen molar-refractivity contribution in [2.45, 2.75) is 26.5 Å². The number of hydrogen-bond acceptors (Lipinski definition) is 4. The molecule has 0 aliphatic rings. The van der Waals surface area contributed by atoms with Gasteiger partial charge < -0.3 is 10.5 Å². The fourth-order valence-corrected chi connectivity index (χ4v) is 1.29. The number of Topliss-reactive ketones (excluding diaryl/α,β-unsaturated/α-hetero) is 1. The fraction of sp³-hybridized carbons (Fsp3) is 0.385. The number of ether oxygens (including phenoxy) is 1. The van der Waals surface area contributed by atoms with Crippen molar-refractivity contribution < 1.29 is 14.3 Å². The van der Waals surface area contributed by atoms with Crippen LogP contribution in [-0.4, -0.2) is 17.8 Å². The van der Waals surface area contributed by atoms with Gasteiger partial charge in [-0.2, -0.15) is 0 Å². The molecule has 0 aliphatic heterocycles. The zero-order valence-electron chi connectivity index (χ0n) is 10.5. The Labute approximate surface area is 113 Å². The predicted octanol–water partition coefficient (Wildman–Crippen LogP) is 1.70. The average molecular weight is 272 g/mol. The number of benzene rings is 1. The van der Waals surface area contributed by atoms with Crippen molar-refractivity contribution in [3.63, 3.8) is 0 Å². The van der Waals surface area contributed by atoms with Crippen molar-refractivity contribution in [3.8, 4) is 0 Å². The molecule has 1 aromatic rings. The molecule has 0 heterocycles. The van der Waals surface area contributed by atoms with Gasteiger partial charge >= 0.3 is 5.97 Å². The van der Waals surface area contributed by atoms with Crippen LogP contribution in [0.4, 0.5) is 0 Å². The predicted molar refractivity (Wildman–Crippen MR) is 71.3 cm³/mol. The van der Waals surface area contributed by atoms with Gasteiger partial charge in [0.15, 0.2) is 11.8 Å². The third kappa shape index (κ3) is 4.85. The van der Waals surface area contributed by atoms with Crippen LogP contribution in [0.15, 0.2) is 30.3 Å². The molecular weight excluding hydrogens is 254 g/mol. The lowest BCUT2D eigenvalue weighted by Crippen LogP contribution is -2.42. The molecule has 100 valence electrons. The number of halogens is 1. The van der Waals surface area contributed by atoms with E-state index in [1.54, 1.807) is 13.8 Å². The van der Waals surface area contributed by atoms with E-state index in [4.69, 9.17) is 10.5 Å². The number of rotatable bonds is 5. The lowest BCUT2D eigenvalue weighted by Gasteiger charge is -2.12. The van der Waals surface area contributed by atoms with Gasteiger partial charge in [0.05, 0.1) is 0 Å². The number of ketones is 1. The molecule has 18 heavy (non-hydrogen) atoms. The summed E-state index contributed by atoms with van der Waals surface area (Å²) in [4.78, 5) is 23.0. The van der Waals surface area contributed by atoms with E-state index < -0.39 is 12.0 Å². The highest BCUT2D eigenvalue weighted by Crippen LogP contribution is 2.04. The molecule has 0 saturated heterocycles. The third-order valence-corrected chi connectivity index (χ3v) is 2.35. The summed E-state index contributed by atoms with van der Waals surface area (Å²) in [7, 11) is 0. The van der Waals surface area contributed by atoms with Gasteiger partial charge in [-0.1, -0.05) is 44.2 Å². The average Bonchev–Trinajstić information content (AvgIpc) is 2.35. The Morgan fingerprint density at radius 3 is 2.28 bits per heavy atom. The topological polar surface area (TPSA) is 69.4 Å². The van der Waals surface area contributed by atoms with E-state index >= 15 is 0 Å². The van der Waals surface area contributed by atoms with Gasteiger partial charge in [-0.25, -0.2) is 4.79 Å². The van der Waals surface area contributed by atoms with Gasteiger partial charge in [0.1, 0.15) is 6.61 Å². The molecule has 1 rings (SSSR count). The van der Waals surface area contributed by atoms with E-state index in [-0.39, 0.29) is 30.7 Å². The van der Waals surface area contributed by atoms with Crippen LogP contribution in [0.1, 0.15) is 19.4 Å². The molecule has 0 amide bonds. The minimum absolute atomic E-state index is 0. The molecule has 0 aromatic heterocycles. The van der Waals surface area contributed by atoms with Crippen LogP contribution in [0.2, 0.25) is 0 Å². The SMILES string of the molecule is CC(C)C(=O)C(N)C(=O)OCc1ccccc1.Cl. The summed E-state index contributed by atoms with van der Waals surface area (Å²) in [5.41, 5.74) is 6.37. The summed E-state index contributed by atoms with van der Waals surface area (Å²) in [6, 6.07) is 8.06. The molecule has 1 unspecified atom stereocenters. The minimum Gasteiger partial charge on any atom is -0.459 e. The Balaban J connectivity index is 0.00000289. The maximum absolute atomic E-state index is 11.5. The maximum atomic E-state index is 11.5. The van der Waals surface area contributed by atoms with Gasteiger partial charge in [-0.15, -0.1) is 12.4 Å². The molecule has 2 N–H and O–H groups in total. The summed E-state index contributed by atoms with van der Waals surface area (Å²) in [5.74, 6) is -1.25. The zero-order chi connectivity index (χ0) is 12.8. The van der Waals surface area contributed by atoms with Gasteiger partial charge in [-0.05, 0) is 5.56 Å². The summed E-state index contributed by atoms with van der Waals surface area (Å²) >= 11 is 0. The second kappa shape index (κ2) is 7.84. The smallest absolute Gasteiger partial charge is 0.331 e. The van der Waals surface area contributed by atoms with Crippen molar-refractivity contribution in [1.29, 1.82) is 0 Å². The Bertz CT molecular complexity index is 392. The first-order valence-electron chi connectivity index (χ1n) is 5.52. The summed E-state index contributed by atoms with van der Waals surface area (Å²) in [6.45, 7) is 3.54. The van der Waals surface area contributed by atoms with Crippen LogP contribution in [-0.2, 0) is 20.9 Å². The molecule has 0 aliphatic carbocycles. The first kappa shape index (κ1) is 16.6. The standard InChI is InChI=1S/C13H17NO3.ClH/c1-9(2)12(15)11(14)13(16)17-8-10-6-4-3-5-7-10;/h3-7,9,11H,8,14H2,1-2H3;1H. The van der Waals surface area contributed by atoms with E-state index in [1.165, 1.54) is 0 Å². The highest BCUT2D eigenvalue weighted by molar-refractivity contribution is 6.03. The van der Waals surface area contributed by atoms with Gasteiger partial charge in [0.2, 0.25) is 0 Å². The van der Waals surface area contributed by atoms with Crippen LogP contribution in [0, 0.1) is 5.92 Å². The van der Waals surface area contributed by atoms with E-state index in [2.05, 4.69) is 0 Å².